The van der Waals surface area contributed by atoms with Gasteiger partial charge in [0.05, 0.1) is 32.7 Å². The molecule has 0 saturated carbocycles. The van der Waals surface area contributed by atoms with Crippen molar-refractivity contribution >= 4 is 35.0 Å². The highest BCUT2D eigenvalue weighted by molar-refractivity contribution is 7.80. The quantitative estimate of drug-likeness (QED) is 0.771. The molecule has 0 aliphatic carbocycles. The van der Waals surface area contributed by atoms with Crippen LogP contribution in [-0.2, 0) is 6.54 Å². The van der Waals surface area contributed by atoms with E-state index in [-0.39, 0.29) is 0 Å². The molecule has 1 aliphatic rings. The van der Waals surface area contributed by atoms with Crippen molar-refractivity contribution in [3.63, 3.8) is 0 Å². The van der Waals surface area contributed by atoms with Gasteiger partial charge in [0, 0.05) is 11.6 Å². The molecule has 1 aliphatic heterocycles. The normalized spacial score (nSPS) is 15.3. The number of quaternary nitrogens is 1. The number of nitrogens with zero attached hydrogens (tertiary/aromatic N) is 1. The predicted molar refractivity (Wildman–Crippen MR) is 114 cm³/mol. The van der Waals surface area contributed by atoms with Crippen molar-refractivity contribution in [3.8, 4) is 0 Å². The first kappa shape index (κ1) is 18.9. The molecule has 2 aromatic carbocycles. The van der Waals surface area contributed by atoms with Crippen LogP contribution in [0.1, 0.15) is 11.1 Å². The van der Waals surface area contributed by atoms with E-state index in [1.165, 1.54) is 11.1 Å². The molecule has 0 spiro atoms. The van der Waals surface area contributed by atoms with Crippen LogP contribution < -0.4 is 10.2 Å². The topological polar surface area (TPSA) is 19.7 Å². The van der Waals surface area contributed by atoms with E-state index in [2.05, 4.69) is 46.6 Å². The van der Waals surface area contributed by atoms with Crippen molar-refractivity contribution in [1.29, 1.82) is 0 Å². The average Bonchev–Trinajstić information content (AvgIpc) is 2.69. The van der Waals surface area contributed by atoms with Crippen molar-refractivity contribution in [2.24, 2.45) is 0 Å². The zero-order valence-corrected chi connectivity index (χ0v) is 16.4. The summed E-state index contributed by atoms with van der Waals surface area (Å²) in [6, 6.07) is 18.3. The third kappa shape index (κ3) is 5.84. The van der Waals surface area contributed by atoms with Gasteiger partial charge in [0.2, 0.25) is 0 Å². The Hall–Kier alpha value is -1.88. The highest BCUT2D eigenvalue weighted by Gasteiger charge is 2.20. The summed E-state index contributed by atoms with van der Waals surface area (Å²) < 4.78 is 0. The predicted octanol–water partition coefficient (Wildman–Crippen LogP) is 2.63. The number of piperazine rings is 1. The van der Waals surface area contributed by atoms with Crippen LogP contribution in [0.3, 0.4) is 0 Å². The van der Waals surface area contributed by atoms with Crippen molar-refractivity contribution in [2.45, 2.75) is 6.54 Å². The lowest BCUT2D eigenvalue weighted by Crippen LogP contribution is -3.14. The molecule has 2 N–H and O–H groups in total. The zero-order valence-electron chi connectivity index (χ0n) is 14.8. The van der Waals surface area contributed by atoms with Gasteiger partial charge < -0.3 is 15.1 Å². The van der Waals surface area contributed by atoms with E-state index in [4.69, 9.17) is 23.8 Å². The van der Waals surface area contributed by atoms with E-state index in [0.29, 0.717) is 0 Å². The Kier molecular flexibility index (Phi) is 7.06. The maximum atomic E-state index is 5.92. The molecule has 0 amide bonds. The smallest absolute Gasteiger partial charge is 0.169 e. The van der Waals surface area contributed by atoms with Crippen molar-refractivity contribution in [2.75, 3.05) is 32.7 Å². The lowest BCUT2D eigenvalue weighted by Gasteiger charge is -2.33. The largest absolute Gasteiger partial charge is 0.358 e. The zero-order chi connectivity index (χ0) is 18.2. The summed E-state index contributed by atoms with van der Waals surface area (Å²) in [6.45, 7) is 6.03. The summed E-state index contributed by atoms with van der Waals surface area (Å²) >= 11 is 11.5. The first-order valence-electron chi connectivity index (χ1n) is 9.03. The van der Waals surface area contributed by atoms with Gasteiger partial charge in [-0.15, -0.1) is 0 Å². The minimum atomic E-state index is 0.739. The maximum absolute atomic E-state index is 5.92. The minimum absolute atomic E-state index is 0.739. The number of hydrogen-bond donors (Lipinski definition) is 2. The third-order valence-corrected chi connectivity index (χ3v) is 5.29. The molecule has 3 nitrogen and oxygen atoms in total. The van der Waals surface area contributed by atoms with Gasteiger partial charge in [-0.3, -0.25) is 0 Å². The molecule has 1 fully saturated rings. The Bertz CT molecular complexity index is 723. The molecule has 136 valence electrons. The maximum Gasteiger partial charge on any atom is 0.169 e. The van der Waals surface area contributed by atoms with Gasteiger partial charge in [-0.05, 0) is 41.6 Å². The lowest BCUT2D eigenvalue weighted by molar-refractivity contribution is -0.897. The highest BCUT2D eigenvalue weighted by atomic mass is 35.5. The number of halogens is 1. The van der Waals surface area contributed by atoms with E-state index in [9.17, 15) is 0 Å². The molecule has 3 rings (SSSR count). The number of rotatable bonds is 5. The van der Waals surface area contributed by atoms with Gasteiger partial charge in [0.25, 0.3) is 0 Å². The van der Waals surface area contributed by atoms with E-state index < -0.39 is 0 Å². The van der Waals surface area contributed by atoms with E-state index in [1.54, 1.807) is 4.90 Å². The molecule has 1 saturated heterocycles. The monoisotopic (exact) mass is 386 g/mol. The summed E-state index contributed by atoms with van der Waals surface area (Å²) in [7, 11) is 0. The van der Waals surface area contributed by atoms with Crippen LogP contribution in [0.15, 0.2) is 60.7 Å². The van der Waals surface area contributed by atoms with Crippen LogP contribution in [0.5, 0.6) is 0 Å². The molecule has 0 aromatic heterocycles. The van der Waals surface area contributed by atoms with E-state index >= 15 is 0 Å². The molecular weight excluding hydrogens is 362 g/mol. The van der Waals surface area contributed by atoms with Gasteiger partial charge >= 0.3 is 0 Å². The highest BCUT2D eigenvalue weighted by Crippen LogP contribution is 2.09. The molecule has 0 radical (unpaired) electrons. The number of nitrogens with one attached hydrogen (secondary N) is 2. The van der Waals surface area contributed by atoms with Crippen LogP contribution in [0.4, 0.5) is 0 Å². The molecule has 1 heterocycles. The Morgan fingerprint density at radius 1 is 1.08 bits per heavy atom. The van der Waals surface area contributed by atoms with Crippen molar-refractivity contribution in [3.05, 3.63) is 76.8 Å². The summed E-state index contributed by atoms with van der Waals surface area (Å²) in [6.07, 6.45) is 4.48. The first-order chi connectivity index (χ1) is 12.7. The van der Waals surface area contributed by atoms with E-state index in [0.717, 1.165) is 49.4 Å². The standard InChI is InChI=1S/C21H24ClN3S/c22-20-10-8-19(9-11-20)17-23-21(26)25-15-13-24(14-16-25)12-4-7-18-5-2-1-3-6-18/h1-11H,12-17H2,(H,23,26)/p+1/b7-4+. The summed E-state index contributed by atoms with van der Waals surface area (Å²) in [5.41, 5.74) is 2.45. The first-order valence-corrected chi connectivity index (χ1v) is 9.82. The second-order valence-electron chi connectivity index (χ2n) is 6.54. The molecule has 0 bridgehead atoms. The fourth-order valence-corrected chi connectivity index (χ4v) is 3.43. The average molecular weight is 387 g/mol. The second-order valence-corrected chi connectivity index (χ2v) is 7.36. The van der Waals surface area contributed by atoms with Crippen LogP contribution in [-0.4, -0.2) is 42.7 Å². The fraction of sp³-hybridized carbons (Fsp3) is 0.286. The van der Waals surface area contributed by atoms with E-state index in [1.807, 2.05) is 30.3 Å². The molecule has 0 atom stereocenters. The number of benzene rings is 2. The summed E-state index contributed by atoms with van der Waals surface area (Å²) in [4.78, 5) is 3.88. The second kappa shape index (κ2) is 9.72. The van der Waals surface area contributed by atoms with Gasteiger partial charge in [-0.1, -0.05) is 60.1 Å². The van der Waals surface area contributed by atoms with Crippen LogP contribution >= 0.6 is 23.8 Å². The Labute approximate surface area is 166 Å². The number of hydrogen-bond acceptors (Lipinski definition) is 1. The minimum Gasteiger partial charge on any atom is -0.358 e. The lowest BCUT2D eigenvalue weighted by atomic mass is 10.2. The Morgan fingerprint density at radius 3 is 2.46 bits per heavy atom. The van der Waals surface area contributed by atoms with Crippen molar-refractivity contribution < 1.29 is 4.90 Å². The molecule has 2 aromatic rings. The molecule has 26 heavy (non-hydrogen) atoms. The van der Waals surface area contributed by atoms with Gasteiger partial charge in [-0.2, -0.15) is 0 Å². The van der Waals surface area contributed by atoms with Gasteiger partial charge in [0.15, 0.2) is 5.11 Å². The van der Waals surface area contributed by atoms with Crippen LogP contribution in [0, 0.1) is 0 Å². The molecular formula is C21H25ClN3S+. The molecule has 0 unspecified atom stereocenters. The van der Waals surface area contributed by atoms with Crippen molar-refractivity contribution in [1.82, 2.24) is 10.2 Å². The third-order valence-electron chi connectivity index (χ3n) is 4.63. The molecule has 5 heteroatoms. The fourth-order valence-electron chi connectivity index (χ4n) is 3.05. The Balaban J connectivity index is 1.38. The van der Waals surface area contributed by atoms with Gasteiger partial charge in [0.1, 0.15) is 0 Å². The number of thiocarbonyl (C=S) groups is 1. The van der Waals surface area contributed by atoms with Crippen LogP contribution in [0.25, 0.3) is 6.08 Å². The van der Waals surface area contributed by atoms with Crippen LogP contribution in [0.2, 0.25) is 5.02 Å². The summed E-state index contributed by atoms with van der Waals surface area (Å²) in [5.74, 6) is 0. The Morgan fingerprint density at radius 2 is 1.77 bits per heavy atom. The summed E-state index contributed by atoms with van der Waals surface area (Å²) in [5, 5.41) is 4.97. The van der Waals surface area contributed by atoms with Gasteiger partial charge in [-0.25, -0.2) is 0 Å². The SMILES string of the molecule is S=C(NCc1ccc(Cl)cc1)N1CC[NH+](C/C=C/c2ccccc2)CC1.